The fourth-order valence-electron chi connectivity index (χ4n) is 2.26. The molecule has 1 heterocycles. The number of fused-ring (bicyclic) bond motifs is 1. The van der Waals surface area contributed by atoms with Gasteiger partial charge in [0.2, 0.25) is 0 Å². The molecule has 4 heteroatoms. The molecule has 0 saturated heterocycles. The van der Waals surface area contributed by atoms with Crippen LogP contribution in [0.15, 0.2) is 48.0 Å². The van der Waals surface area contributed by atoms with Gasteiger partial charge in [-0.05, 0) is 42.0 Å². The molecule has 0 amide bonds. The van der Waals surface area contributed by atoms with Gasteiger partial charge in [0.1, 0.15) is 23.9 Å². The van der Waals surface area contributed by atoms with Crippen LogP contribution in [0.3, 0.4) is 0 Å². The van der Waals surface area contributed by atoms with Crippen LogP contribution in [0, 0.1) is 0 Å². The molecule has 3 rings (SSSR count). The molecular formula is C17H14O4. The van der Waals surface area contributed by atoms with Crippen molar-refractivity contribution >= 4 is 11.9 Å². The zero-order chi connectivity index (χ0) is 14.8. The van der Waals surface area contributed by atoms with E-state index >= 15 is 0 Å². The Bertz CT molecular complexity index is 731. The Morgan fingerprint density at radius 1 is 1.24 bits per heavy atom. The van der Waals surface area contributed by atoms with Crippen molar-refractivity contribution in [2.75, 3.05) is 13.7 Å². The van der Waals surface area contributed by atoms with Gasteiger partial charge in [0.25, 0.3) is 0 Å². The maximum absolute atomic E-state index is 12.4. The lowest BCUT2D eigenvalue weighted by Gasteiger charge is -2.18. The monoisotopic (exact) mass is 282 g/mol. The van der Waals surface area contributed by atoms with Gasteiger partial charge in [0, 0.05) is 5.57 Å². The van der Waals surface area contributed by atoms with Gasteiger partial charge >= 0.3 is 0 Å². The number of aromatic hydroxyl groups is 1. The van der Waals surface area contributed by atoms with Gasteiger partial charge in [-0.25, -0.2) is 0 Å². The van der Waals surface area contributed by atoms with Crippen LogP contribution in [-0.2, 0) is 0 Å². The first-order valence-electron chi connectivity index (χ1n) is 6.52. The standard InChI is InChI=1S/C17H14O4/c1-20-14-4-2-3-11(8-14)7-12-10-21-16-6-5-13(18)9-15(16)17(12)19/h2-9,18H,10H2,1H3/b12-7+. The number of ketones is 1. The molecule has 0 fully saturated rings. The lowest BCUT2D eigenvalue weighted by atomic mass is 9.98. The zero-order valence-electron chi connectivity index (χ0n) is 11.5. The van der Waals surface area contributed by atoms with Crippen LogP contribution in [0.1, 0.15) is 15.9 Å². The Morgan fingerprint density at radius 3 is 2.90 bits per heavy atom. The number of rotatable bonds is 2. The van der Waals surface area contributed by atoms with Gasteiger partial charge in [-0.2, -0.15) is 0 Å². The highest BCUT2D eigenvalue weighted by Crippen LogP contribution is 2.31. The van der Waals surface area contributed by atoms with Gasteiger partial charge in [-0.1, -0.05) is 12.1 Å². The van der Waals surface area contributed by atoms with Crippen LogP contribution in [0.5, 0.6) is 17.2 Å². The van der Waals surface area contributed by atoms with E-state index < -0.39 is 0 Å². The van der Waals surface area contributed by atoms with Crippen LogP contribution < -0.4 is 9.47 Å². The SMILES string of the molecule is COc1cccc(/C=C2\COc3ccc(O)cc3C2=O)c1. The van der Waals surface area contributed by atoms with Crippen molar-refractivity contribution in [3.05, 3.63) is 59.2 Å². The first kappa shape index (κ1) is 13.2. The van der Waals surface area contributed by atoms with Crippen molar-refractivity contribution in [3.8, 4) is 17.2 Å². The predicted molar refractivity (Wildman–Crippen MR) is 78.9 cm³/mol. The molecule has 0 saturated carbocycles. The summed E-state index contributed by atoms with van der Waals surface area (Å²) in [5, 5.41) is 9.51. The zero-order valence-corrected chi connectivity index (χ0v) is 11.5. The van der Waals surface area contributed by atoms with E-state index in [-0.39, 0.29) is 18.1 Å². The van der Waals surface area contributed by atoms with E-state index in [0.717, 1.165) is 11.3 Å². The summed E-state index contributed by atoms with van der Waals surface area (Å²) in [5.74, 6) is 1.15. The number of hydrogen-bond donors (Lipinski definition) is 1. The van der Waals surface area contributed by atoms with Gasteiger partial charge in [-0.15, -0.1) is 0 Å². The van der Waals surface area contributed by atoms with Crippen molar-refractivity contribution in [1.82, 2.24) is 0 Å². The average Bonchev–Trinajstić information content (AvgIpc) is 2.51. The van der Waals surface area contributed by atoms with E-state index in [9.17, 15) is 9.90 Å². The number of ether oxygens (including phenoxy) is 2. The Labute approximate surface area is 122 Å². The summed E-state index contributed by atoms with van der Waals surface area (Å²) in [7, 11) is 1.60. The normalized spacial score (nSPS) is 15.5. The second-order valence-corrected chi connectivity index (χ2v) is 4.74. The van der Waals surface area contributed by atoms with E-state index in [1.807, 2.05) is 24.3 Å². The fourth-order valence-corrected chi connectivity index (χ4v) is 2.26. The molecule has 2 aromatic rings. The molecule has 106 valence electrons. The van der Waals surface area contributed by atoms with E-state index in [4.69, 9.17) is 9.47 Å². The minimum atomic E-state index is -0.130. The topological polar surface area (TPSA) is 55.8 Å². The van der Waals surface area contributed by atoms with E-state index in [2.05, 4.69) is 0 Å². The Morgan fingerprint density at radius 2 is 2.10 bits per heavy atom. The molecule has 0 atom stereocenters. The Kier molecular flexibility index (Phi) is 3.36. The molecule has 2 aromatic carbocycles. The highest BCUT2D eigenvalue weighted by molar-refractivity contribution is 6.14. The molecule has 21 heavy (non-hydrogen) atoms. The quantitative estimate of drug-likeness (QED) is 0.860. The fraction of sp³-hybridized carbons (Fsp3) is 0.118. The number of phenols is 1. The minimum absolute atomic E-state index is 0.0494. The van der Waals surface area contributed by atoms with E-state index in [1.54, 1.807) is 19.3 Å². The largest absolute Gasteiger partial charge is 0.508 e. The Hall–Kier alpha value is -2.75. The molecule has 0 radical (unpaired) electrons. The molecular weight excluding hydrogens is 268 g/mol. The number of benzene rings is 2. The third-order valence-electron chi connectivity index (χ3n) is 3.32. The van der Waals surface area contributed by atoms with Crippen molar-refractivity contribution < 1.29 is 19.4 Å². The molecule has 1 N–H and O–H groups in total. The van der Waals surface area contributed by atoms with Crippen LogP contribution in [0.25, 0.3) is 6.08 Å². The van der Waals surface area contributed by atoms with Crippen molar-refractivity contribution in [2.45, 2.75) is 0 Å². The lowest BCUT2D eigenvalue weighted by Crippen LogP contribution is -2.18. The van der Waals surface area contributed by atoms with Gasteiger partial charge in [0.05, 0.1) is 12.7 Å². The van der Waals surface area contributed by atoms with Crippen LogP contribution in [-0.4, -0.2) is 24.6 Å². The summed E-state index contributed by atoms with van der Waals surface area (Å²) in [4.78, 5) is 12.4. The van der Waals surface area contributed by atoms with Gasteiger partial charge in [0.15, 0.2) is 5.78 Å². The lowest BCUT2D eigenvalue weighted by molar-refractivity contribution is 0.100. The molecule has 0 unspecified atom stereocenters. The molecule has 1 aliphatic heterocycles. The molecule has 1 aliphatic rings. The van der Waals surface area contributed by atoms with E-state index in [0.29, 0.717) is 16.9 Å². The van der Waals surface area contributed by atoms with Crippen LogP contribution in [0.2, 0.25) is 0 Å². The maximum Gasteiger partial charge on any atom is 0.196 e. The van der Waals surface area contributed by atoms with E-state index in [1.165, 1.54) is 12.1 Å². The second kappa shape index (κ2) is 5.32. The average molecular weight is 282 g/mol. The maximum atomic E-state index is 12.4. The third-order valence-corrected chi connectivity index (χ3v) is 3.32. The molecule has 0 spiro atoms. The predicted octanol–water partition coefficient (Wildman–Crippen LogP) is 3.06. The summed E-state index contributed by atoms with van der Waals surface area (Å²) >= 11 is 0. The Balaban J connectivity index is 1.97. The third kappa shape index (κ3) is 2.60. The molecule has 0 aliphatic carbocycles. The van der Waals surface area contributed by atoms with Crippen molar-refractivity contribution in [2.24, 2.45) is 0 Å². The highest BCUT2D eigenvalue weighted by atomic mass is 16.5. The number of carbonyl (C=O) groups excluding carboxylic acids is 1. The smallest absolute Gasteiger partial charge is 0.196 e. The summed E-state index contributed by atoms with van der Waals surface area (Å²) in [6.45, 7) is 0.216. The van der Waals surface area contributed by atoms with Crippen LogP contribution >= 0.6 is 0 Å². The van der Waals surface area contributed by atoms with Crippen LogP contribution in [0.4, 0.5) is 0 Å². The molecule has 0 bridgehead atoms. The summed E-state index contributed by atoms with van der Waals surface area (Å²) < 4.78 is 10.7. The van der Waals surface area contributed by atoms with Crippen molar-refractivity contribution in [1.29, 1.82) is 0 Å². The van der Waals surface area contributed by atoms with Gasteiger partial charge < -0.3 is 14.6 Å². The van der Waals surface area contributed by atoms with Gasteiger partial charge in [-0.3, -0.25) is 4.79 Å². The first-order valence-corrected chi connectivity index (χ1v) is 6.52. The molecule has 0 aromatic heterocycles. The summed E-state index contributed by atoms with van der Waals surface area (Å²) in [6, 6.07) is 12.0. The second-order valence-electron chi connectivity index (χ2n) is 4.74. The van der Waals surface area contributed by atoms with Crippen molar-refractivity contribution in [3.63, 3.8) is 0 Å². The number of hydrogen-bond acceptors (Lipinski definition) is 4. The minimum Gasteiger partial charge on any atom is -0.508 e. The number of carbonyl (C=O) groups is 1. The molecule has 4 nitrogen and oxygen atoms in total. The number of phenolic OH excluding ortho intramolecular Hbond substituents is 1. The summed E-state index contributed by atoms with van der Waals surface area (Å²) in [6.07, 6.45) is 1.78. The first-order chi connectivity index (χ1) is 10.2. The highest BCUT2D eigenvalue weighted by Gasteiger charge is 2.23. The summed E-state index contributed by atoms with van der Waals surface area (Å²) in [5.41, 5.74) is 1.79. The number of Topliss-reactive ketones (excluding diaryl/α,β-unsaturated/α-hetero) is 1. The number of methoxy groups -OCH3 is 1.